The average Bonchev–Trinajstić information content (AvgIpc) is 3.60. The maximum absolute atomic E-state index is 14.0. The molecule has 5 heterocycles. The molecule has 0 aliphatic carbocycles. The Morgan fingerprint density at radius 1 is 1.15 bits per heavy atom. The standard InChI is InChI=1S/C28H25F4N7O/c29-23-13-18(1-2-22(23)28(30,31)32)26(40)37-10-5-20(6-11-37)38-15-27(16-38,7-8-33)39-12-4-19(14-39)24-21-3-9-34-25(21)36-17-35-24/h1-4,9,12-14,17,20H,5-7,10-11,15-16H2,(H,34,35,36). The van der Waals surface area contributed by atoms with Crippen molar-refractivity contribution >= 4 is 16.9 Å². The number of carbonyl (C=O) groups is 1. The summed E-state index contributed by atoms with van der Waals surface area (Å²) in [5, 5.41) is 10.5. The van der Waals surface area contributed by atoms with E-state index in [2.05, 4.69) is 30.5 Å². The molecule has 2 aliphatic heterocycles. The second kappa shape index (κ2) is 9.75. The highest BCUT2D eigenvalue weighted by atomic mass is 19.4. The number of alkyl halides is 3. The van der Waals surface area contributed by atoms with Crippen molar-refractivity contribution < 1.29 is 22.4 Å². The molecule has 0 radical (unpaired) electrons. The number of aromatic nitrogens is 4. The van der Waals surface area contributed by atoms with E-state index >= 15 is 0 Å². The summed E-state index contributed by atoms with van der Waals surface area (Å²) >= 11 is 0. The highest BCUT2D eigenvalue weighted by Crippen LogP contribution is 2.38. The van der Waals surface area contributed by atoms with Gasteiger partial charge in [-0.15, -0.1) is 0 Å². The van der Waals surface area contributed by atoms with Crippen LogP contribution in [0.5, 0.6) is 0 Å². The Kier molecular flexibility index (Phi) is 6.34. The summed E-state index contributed by atoms with van der Waals surface area (Å²) in [5.74, 6) is -1.93. The Morgan fingerprint density at radius 2 is 1.93 bits per heavy atom. The molecule has 2 fully saturated rings. The van der Waals surface area contributed by atoms with E-state index in [0.29, 0.717) is 57.6 Å². The van der Waals surface area contributed by atoms with Crippen molar-refractivity contribution in [1.82, 2.24) is 29.3 Å². The number of halogens is 4. The molecular weight excluding hydrogens is 526 g/mol. The molecule has 0 spiro atoms. The van der Waals surface area contributed by atoms with Gasteiger partial charge in [0.15, 0.2) is 0 Å². The van der Waals surface area contributed by atoms with E-state index in [1.54, 1.807) is 4.90 Å². The highest BCUT2D eigenvalue weighted by molar-refractivity contribution is 5.94. The summed E-state index contributed by atoms with van der Waals surface area (Å²) in [6.45, 7) is 2.20. The highest BCUT2D eigenvalue weighted by Gasteiger charge is 2.47. The quantitative estimate of drug-likeness (QED) is 0.359. The van der Waals surface area contributed by atoms with Crippen LogP contribution in [-0.4, -0.2) is 67.4 Å². The van der Waals surface area contributed by atoms with Crippen molar-refractivity contribution in [2.45, 2.75) is 37.0 Å². The SMILES string of the molecule is N#CCC1(n2ccc(-c3ncnc4[nH]ccc34)c2)CN(C2CCN(C(=O)c3ccc(C(F)(F)F)c(F)c3)CC2)C1. The molecule has 40 heavy (non-hydrogen) atoms. The number of aromatic amines is 1. The Balaban J connectivity index is 1.10. The molecule has 1 aromatic carbocycles. The number of carbonyl (C=O) groups excluding carboxylic acids is 1. The summed E-state index contributed by atoms with van der Waals surface area (Å²) < 4.78 is 54.7. The van der Waals surface area contributed by atoms with Crippen molar-refractivity contribution in [3.05, 3.63) is 72.2 Å². The number of likely N-dealkylation sites (tertiary alicyclic amines) is 2. The van der Waals surface area contributed by atoms with E-state index < -0.39 is 23.5 Å². The van der Waals surface area contributed by atoms with Crippen LogP contribution in [-0.2, 0) is 11.7 Å². The van der Waals surface area contributed by atoms with Crippen molar-refractivity contribution in [3.63, 3.8) is 0 Å². The topological polar surface area (TPSA) is 93.8 Å². The van der Waals surface area contributed by atoms with Gasteiger partial charge in [-0.1, -0.05) is 0 Å². The van der Waals surface area contributed by atoms with Gasteiger partial charge >= 0.3 is 6.18 Å². The minimum Gasteiger partial charge on any atom is -0.346 e. The largest absolute Gasteiger partial charge is 0.419 e. The van der Waals surface area contributed by atoms with E-state index in [-0.39, 0.29) is 17.1 Å². The second-order valence-corrected chi connectivity index (χ2v) is 10.4. The third kappa shape index (κ3) is 4.50. The number of amides is 1. The number of benzene rings is 1. The third-order valence-electron chi connectivity index (χ3n) is 8.06. The molecule has 206 valence electrons. The van der Waals surface area contributed by atoms with E-state index in [1.807, 2.05) is 30.7 Å². The third-order valence-corrected chi connectivity index (χ3v) is 8.06. The number of fused-ring (bicyclic) bond motifs is 1. The molecular formula is C28H25F4N7O. The smallest absolute Gasteiger partial charge is 0.346 e. The molecule has 8 nitrogen and oxygen atoms in total. The Hall–Kier alpha value is -4.24. The van der Waals surface area contributed by atoms with Crippen LogP contribution in [0.4, 0.5) is 17.6 Å². The van der Waals surface area contributed by atoms with Gasteiger partial charge in [0, 0.05) is 67.3 Å². The number of nitrogens with zero attached hydrogens (tertiary/aromatic N) is 6. The van der Waals surface area contributed by atoms with Crippen LogP contribution in [0.25, 0.3) is 22.3 Å². The van der Waals surface area contributed by atoms with Gasteiger partial charge in [-0.2, -0.15) is 18.4 Å². The van der Waals surface area contributed by atoms with Gasteiger partial charge in [-0.25, -0.2) is 14.4 Å². The maximum Gasteiger partial charge on any atom is 0.419 e. The first-order chi connectivity index (χ1) is 19.2. The van der Waals surface area contributed by atoms with Crippen LogP contribution in [0.3, 0.4) is 0 Å². The molecule has 0 bridgehead atoms. The fourth-order valence-corrected chi connectivity index (χ4v) is 5.91. The summed E-state index contributed by atoms with van der Waals surface area (Å²) in [7, 11) is 0. The van der Waals surface area contributed by atoms with E-state index in [9.17, 15) is 27.6 Å². The van der Waals surface area contributed by atoms with Crippen LogP contribution in [0.15, 0.2) is 55.2 Å². The molecule has 0 atom stereocenters. The van der Waals surface area contributed by atoms with Crippen LogP contribution in [0, 0.1) is 17.1 Å². The lowest BCUT2D eigenvalue weighted by atomic mass is 9.83. The van der Waals surface area contributed by atoms with Crippen molar-refractivity contribution in [3.8, 4) is 17.3 Å². The molecule has 4 aromatic rings. The summed E-state index contributed by atoms with van der Waals surface area (Å²) in [4.78, 5) is 28.5. The molecule has 2 saturated heterocycles. The van der Waals surface area contributed by atoms with E-state index in [0.717, 1.165) is 28.4 Å². The second-order valence-electron chi connectivity index (χ2n) is 10.4. The Bertz CT molecular complexity index is 1600. The molecule has 2 aliphatic rings. The van der Waals surface area contributed by atoms with Gasteiger partial charge < -0.3 is 14.5 Å². The predicted octanol–water partition coefficient (Wildman–Crippen LogP) is 4.81. The Morgan fingerprint density at radius 3 is 2.62 bits per heavy atom. The van der Waals surface area contributed by atoms with Crippen molar-refractivity contribution in [2.24, 2.45) is 0 Å². The minimum absolute atomic E-state index is 0.0926. The van der Waals surface area contributed by atoms with Gasteiger partial charge in [0.05, 0.1) is 29.3 Å². The number of piperidine rings is 1. The zero-order chi connectivity index (χ0) is 28.1. The molecule has 12 heteroatoms. The lowest BCUT2D eigenvalue weighted by Crippen LogP contribution is -2.66. The molecule has 1 amide bonds. The first-order valence-electron chi connectivity index (χ1n) is 12.9. The fourth-order valence-electron chi connectivity index (χ4n) is 5.91. The number of H-pyrrole nitrogens is 1. The van der Waals surface area contributed by atoms with Gasteiger partial charge in [0.25, 0.3) is 5.91 Å². The van der Waals surface area contributed by atoms with Crippen LogP contribution in [0.2, 0.25) is 0 Å². The van der Waals surface area contributed by atoms with Crippen LogP contribution >= 0.6 is 0 Å². The number of hydrogen-bond donors (Lipinski definition) is 1. The van der Waals surface area contributed by atoms with E-state index in [4.69, 9.17) is 0 Å². The van der Waals surface area contributed by atoms with Gasteiger partial charge in [0.2, 0.25) is 0 Å². The summed E-state index contributed by atoms with van der Waals surface area (Å²) in [6, 6.07) is 8.77. The molecule has 0 unspecified atom stereocenters. The molecule has 6 rings (SSSR count). The van der Waals surface area contributed by atoms with Gasteiger partial charge in [-0.3, -0.25) is 9.69 Å². The number of rotatable bonds is 5. The first-order valence-corrected chi connectivity index (χ1v) is 12.9. The van der Waals surface area contributed by atoms with Crippen molar-refractivity contribution in [2.75, 3.05) is 26.2 Å². The zero-order valence-electron chi connectivity index (χ0n) is 21.3. The fraction of sp³-hybridized carbons (Fsp3) is 0.357. The minimum atomic E-state index is -4.81. The number of nitrogens with one attached hydrogen (secondary N) is 1. The number of hydrogen-bond acceptors (Lipinski definition) is 5. The number of nitriles is 1. The van der Waals surface area contributed by atoms with Gasteiger partial charge in [-0.05, 0) is 43.2 Å². The molecule has 1 N–H and O–H groups in total. The normalized spacial score (nSPS) is 18.0. The van der Waals surface area contributed by atoms with Crippen LogP contribution < -0.4 is 0 Å². The lowest BCUT2D eigenvalue weighted by Gasteiger charge is -2.54. The monoisotopic (exact) mass is 551 g/mol. The molecule has 0 saturated carbocycles. The van der Waals surface area contributed by atoms with Crippen molar-refractivity contribution in [1.29, 1.82) is 5.26 Å². The summed E-state index contributed by atoms with van der Waals surface area (Å²) in [5.41, 5.74) is 0.665. The molecule has 3 aromatic heterocycles. The van der Waals surface area contributed by atoms with Gasteiger partial charge in [0.1, 0.15) is 17.8 Å². The van der Waals surface area contributed by atoms with E-state index in [1.165, 1.54) is 6.33 Å². The first kappa shape index (κ1) is 26.0. The summed E-state index contributed by atoms with van der Waals surface area (Å²) in [6.07, 6.45) is 4.24. The van der Waals surface area contributed by atoms with Crippen LogP contribution in [0.1, 0.15) is 35.2 Å². The lowest BCUT2D eigenvalue weighted by molar-refractivity contribution is -0.140. The predicted molar refractivity (Wildman–Crippen MR) is 137 cm³/mol. The zero-order valence-corrected chi connectivity index (χ0v) is 21.3. The Labute approximate surface area is 226 Å². The maximum atomic E-state index is 14.0. The average molecular weight is 552 g/mol.